The van der Waals surface area contributed by atoms with Crippen LogP contribution < -0.4 is 15.7 Å². The number of phenolic OH excluding ortho intramolecular Hbond substituents is 1. The van der Waals surface area contributed by atoms with Gasteiger partial charge in [-0.15, -0.1) is 0 Å². The SMILES string of the molecule is COc1cc(/C=N/NC(=O)Cc2cc(=O)[nH]c(=S)[nH]2)ccc1O. The summed E-state index contributed by atoms with van der Waals surface area (Å²) in [6, 6.07) is 5.89. The summed E-state index contributed by atoms with van der Waals surface area (Å²) >= 11 is 4.82. The lowest BCUT2D eigenvalue weighted by Crippen LogP contribution is -2.21. The number of aromatic hydroxyl groups is 1. The molecule has 0 aliphatic carbocycles. The van der Waals surface area contributed by atoms with Crippen LogP contribution in [0.1, 0.15) is 11.3 Å². The van der Waals surface area contributed by atoms with Crippen molar-refractivity contribution < 1.29 is 14.6 Å². The van der Waals surface area contributed by atoms with Crippen molar-refractivity contribution in [2.75, 3.05) is 7.11 Å². The van der Waals surface area contributed by atoms with Crippen LogP contribution in [0.15, 0.2) is 34.2 Å². The van der Waals surface area contributed by atoms with Crippen LogP contribution in [0, 0.1) is 4.77 Å². The Hall–Kier alpha value is -2.94. The molecule has 0 aliphatic heterocycles. The molecule has 0 saturated carbocycles. The number of hydrogen-bond donors (Lipinski definition) is 4. The van der Waals surface area contributed by atoms with Crippen LogP contribution in [0.3, 0.4) is 0 Å². The molecule has 1 aromatic carbocycles. The highest BCUT2D eigenvalue weighted by molar-refractivity contribution is 7.71. The van der Waals surface area contributed by atoms with Gasteiger partial charge in [0.2, 0.25) is 5.91 Å². The molecular formula is C14H14N4O4S. The third-order valence-electron chi connectivity index (χ3n) is 2.77. The van der Waals surface area contributed by atoms with Crippen molar-refractivity contribution in [2.45, 2.75) is 6.42 Å². The topological polar surface area (TPSA) is 120 Å². The van der Waals surface area contributed by atoms with Gasteiger partial charge < -0.3 is 14.8 Å². The van der Waals surface area contributed by atoms with E-state index in [2.05, 4.69) is 20.5 Å². The van der Waals surface area contributed by atoms with Crippen LogP contribution >= 0.6 is 12.2 Å². The number of nitrogens with zero attached hydrogens (tertiary/aromatic N) is 1. The van der Waals surface area contributed by atoms with Crippen molar-refractivity contribution in [1.82, 2.24) is 15.4 Å². The van der Waals surface area contributed by atoms with Gasteiger partial charge in [-0.25, -0.2) is 5.43 Å². The number of amides is 1. The van der Waals surface area contributed by atoms with Gasteiger partial charge in [0.1, 0.15) is 0 Å². The molecular weight excluding hydrogens is 320 g/mol. The molecule has 1 aromatic heterocycles. The number of rotatable bonds is 5. The Labute approximate surface area is 135 Å². The minimum Gasteiger partial charge on any atom is -0.504 e. The molecule has 0 fully saturated rings. The van der Waals surface area contributed by atoms with Gasteiger partial charge in [-0.1, -0.05) is 0 Å². The van der Waals surface area contributed by atoms with Crippen LogP contribution in [-0.2, 0) is 11.2 Å². The predicted octanol–water partition coefficient (Wildman–Crippen LogP) is 0.839. The first-order valence-corrected chi connectivity index (χ1v) is 6.90. The summed E-state index contributed by atoms with van der Waals surface area (Å²) in [5, 5.41) is 13.3. The molecule has 4 N–H and O–H groups in total. The first kappa shape index (κ1) is 16.4. The molecule has 0 unspecified atom stereocenters. The molecule has 1 heterocycles. The van der Waals surface area contributed by atoms with E-state index < -0.39 is 5.91 Å². The van der Waals surface area contributed by atoms with E-state index in [1.807, 2.05) is 0 Å². The van der Waals surface area contributed by atoms with Crippen LogP contribution in [-0.4, -0.2) is 34.3 Å². The molecule has 23 heavy (non-hydrogen) atoms. The van der Waals surface area contributed by atoms with Crippen molar-refractivity contribution in [2.24, 2.45) is 5.10 Å². The van der Waals surface area contributed by atoms with Crippen LogP contribution in [0.4, 0.5) is 0 Å². The quantitative estimate of drug-likeness (QED) is 0.367. The van der Waals surface area contributed by atoms with E-state index in [1.165, 1.54) is 25.5 Å². The molecule has 8 nitrogen and oxygen atoms in total. The molecule has 120 valence electrons. The number of phenols is 1. The summed E-state index contributed by atoms with van der Waals surface area (Å²) in [4.78, 5) is 28.1. The third-order valence-corrected chi connectivity index (χ3v) is 2.98. The zero-order chi connectivity index (χ0) is 16.8. The normalized spacial score (nSPS) is 10.7. The minimum absolute atomic E-state index is 0.0123. The van der Waals surface area contributed by atoms with Gasteiger partial charge in [0.05, 0.1) is 19.7 Å². The van der Waals surface area contributed by atoms with Crippen LogP contribution in [0.2, 0.25) is 0 Å². The molecule has 0 spiro atoms. The minimum atomic E-state index is -0.414. The second-order valence-corrected chi connectivity index (χ2v) is 4.92. The highest BCUT2D eigenvalue weighted by Crippen LogP contribution is 2.25. The number of carbonyl (C=O) groups is 1. The Morgan fingerprint density at radius 1 is 1.43 bits per heavy atom. The lowest BCUT2D eigenvalue weighted by molar-refractivity contribution is -0.120. The highest BCUT2D eigenvalue weighted by atomic mass is 32.1. The number of methoxy groups -OCH3 is 1. The van der Waals surface area contributed by atoms with Crippen molar-refractivity contribution in [3.05, 3.63) is 50.6 Å². The molecule has 0 saturated heterocycles. The Kier molecular flexibility index (Phi) is 5.26. The van der Waals surface area contributed by atoms with E-state index in [0.29, 0.717) is 17.0 Å². The van der Waals surface area contributed by atoms with E-state index in [-0.39, 0.29) is 22.5 Å². The van der Waals surface area contributed by atoms with E-state index in [0.717, 1.165) is 0 Å². The van der Waals surface area contributed by atoms with Crippen molar-refractivity contribution in [3.63, 3.8) is 0 Å². The largest absolute Gasteiger partial charge is 0.504 e. The second-order valence-electron chi connectivity index (χ2n) is 4.51. The van der Waals surface area contributed by atoms with E-state index in [4.69, 9.17) is 17.0 Å². The number of aromatic nitrogens is 2. The third kappa shape index (κ3) is 4.78. The lowest BCUT2D eigenvalue weighted by atomic mass is 10.2. The molecule has 9 heteroatoms. The van der Waals surface area contributed by atoms with Crippen molar-refractivity contribution in [1.29, 1.82) is 0 Å². The van der Waals surface area contributed by atoms with Gasteiger partial charge in [0.25, 0.3) is 5.56 Å². The average molecular weight is 334 g/mol. The average Bonchev–Trinajstić information content (AvgIpc) is 2.47. The summed E-state index contributed by atoms with van der Waals surface area (Å²) in [5.74, 6) is -0.0992. The number of benzene rings is 1. The smallest absolute Gasteiger partial charge is 0.251 e. The molecule has 0 aliphatic rings. The number of aromatic amines is 2. The summed E-state index contributed by atoms with van der Waals surface area (Å²) in [7, 11) is 1.43. The van der Waals surface area contributed by atoms with Gasteiger partial charge in [-0.2, -0.15) is 5.10 Å². The summed E-state index contributed by atoms with van der Waals surface area (Å²) in [6.45, 7) is 0. The number of hydrogen-bond acceptors (Lipinski definition) is 6. The Morgan fingerprint density at radius 2 is 2.22 bits per heavy atom. The monoisotopic (exact) mass is 334 g/mol. The van der Waals surface area contributed by atoms with E-state index in [1.54, 1.807) is 12.1 Å². The second kappa shape index (κ2) is 7.36. The number of H-pyrrole nitrogens is 2. The number of ether oxygens (including phenoxy) is 1. The molecule has 2 rings (SSSR count). The maximum Gasteiger partial charge on any atom is 0.251 e. The zero-order valence-corrected chi connectivity index (χ0v) is 12.9. The Balaban J connectivity index is 1.98. The van der Waals surface area contributed by atoms with Crippen molar-refractivity contribution in [3.8, 4) is 11.5 Å². The van der Waals surface area contributed by atoms with Crippen LogP contribution in [0.5, 0.6) is 11.5 Å². The van der Waals surface area contributed by atoms with Gasteiger partial charge in [0.15, 0.2) is 16.3 Å². The van der Waals surface area contributed by atoms with E-state index in [9.17, 15) is 14.7 Å². The summed E-state index contributed by atoms with van der Waals surface area (Å²) in [5.41, 5.74) is 2.97. The summed E-state index contributed by atoms with van der Waals surface area (Å²) < 4.78 is 5.12. The fourth-order valence-corrected chi connectivity index (χ4v) is 2.01. The molecule has 0 radical (unpaired) electrons. The maximum atomic E-state index is 11.7. The first-order chi connectivity index (χ1) is 11.0. The Morgan fingerprint density at radius 3 is 2.91 bits per heavy atom. The number of nitrogens with one attached hydrogen (secondary N) is 3. The molecule has 2 aromatic rings. The zero-order valence-electron chi connectivity index (χ0n) is 12.1. The molecule has 0 bridgehead atoms. The van der Waals surface area contributed by atoms with Gasteiger partial charge in [0, 0.05) is 11.8 Å². The standard InChI is InChI=1S/C14H14N4O4S/c1-22-11-4-8(2-3-10(11)19)7-15-18-13(21)6-9-5-12(20)17-14(23)16-9/h2-5,7,19H,6H2,1H3,(H,18,21)(H2,16,17,20,23)/b15-7+. The van der Waals surface area contributed by atoms with Gasteiger partial charge in [-0.3, -0.25) is 14.6 Å². The van der Waals surface area contributed by atoms with Gasteiger partial charge >= 0.3 is 0 Å². The van der Waals surface area contributed by atoms with E-state index >= 15 is 0 Å². The number of carbonyl (C=O) groups excluding carboxylic acids is 1. The highest BCUT2D eigenvalue weighted by Gasteiger charge is 2.04. The Bertz CT molecular complexity index is 828. The maximum absolute atomic E-state index is 11.7. The number of hydrazone groups is 1. The summed E-state index contributed by atoms with van der Waals surface area (Å²) in [6.07, 6.45) is 1.34. The van der Waals surface area contributed by atoms with Gasteiger partial charge in [-0.05, 0) is 36.0 Å². The van der Waals surface area contributed by atoms with Crippen LogP contribution in [0.25, 0.3) is 0 Å². The lowest BCUT2D eigenvalue weighted by Gasteiger charge is -2.03. The van der Waals surface area contributed by atoms with Crippen molar-refractivity contribution >= 4 is 24.3 Å². The fraction of sp³-hybridized carbons (Fsp3) is 0.143. The predicted molar refractivity (Wildman–Crippen MR) is 86.3 cm³/mol. The molecule has 1 amide bonds. The fourth-order valence-electron chi connectivity index (χ4n) is 1.78. The molecule has 0 atom stereocenters. The first-order valence-electron chi connectivity index (χ1n) is 6.49.